The van der Waals surface area contributed by atoms with Crippen LogP contribution in [0.15, 0.2) is 0 Å². The van der Waals surface area contributed by atoms with E-state index in [4.69, 9.17) is 0 Å². The molecule has 0 aliphatic carbocycles. The molecule has 1 unspecified atom stereocenters. The van der Waals surface area contributed by atoms with Crippen molar-refractivity contribution >= 4 is 0 Å². The van der Waals surface area contributed by atoms with Crippen molar-refractivity contribution in [2.24, 2.45) is 5.92 Å². The normalized spacial score (nSPS) is 21.0. The molecule has 3 heteroatoms. The molecule has 1 fully saturated rings. The summed E-state index contributed by atoms with van der Waals surface area (Å²) in [6.07, 6.45) is 2.73. The van der Waals surface area contributed by atoms with Crippen LogP contribution in [0.25, 0.3) is 0 Å². The van der Waals surface area contributed by atoms with Crippen LogP contribution < -0.4 is 5.32 Å². The third-order valence-corrected chi connectivity index (χ3v) is 4.02. The van der Waals surface area contributed by atoms with E-state index in [1.54, 1.807) is 0 Å². The van der Waals surface area contributed by atoms with Crippen molar-refractivity contribution in [2.45, 2.75) is 39.7 Å². The Kier molecular flexibility index (Phi) is 7.09. The summed E-state index contributed by atoms with van der Waals surface area (Å²) in [6.45, 7) is 14.1. The zero-order valence-corrected chi connectivity index (χ0v) is 12.2. The molecule has 0 aromatic heterocycles. The van der Waals surface area contributed by atoms with Crippen LogP contribution in [0.4, 0.5) is 0 Å². The van der Waals surface area contributed by atoms with Crippen molar-refractivity contribution in [2.75, 3.05) is 46.3 Å². The Balaban J connectivity index is 2.12. The van der Waals surface area contributed by atoms with Crippen molar-refractivity contribution in [3.8, 4) is 0 Å². The van der Waals surface area contributed by atoms with Gasteiger partial charge in [-0.05, 0) is 65.5 Å². The van der Waals surface area contributed by atoms with Crippen LogP contribution >= 0.6 is 0 Å². The number of likely N-dealkylation sites (N-methyl/N-ethyl adjacent to an activating group) is 1. The Labute approximate surface area is 108 Å². The summed E-state index contributed by atoms with van der Waals surface area (Å²) < 4.78 is 0. The number of likely N-dealkylation sites (tertiary alicyclic amines) is 1. The van der Waals surface area contributed by atoms with Gasteiger partial charge < -0.3 is 15.1 Å². The summed E-state index contributed by atoms with van der Waals surface area (Å²) in [5.74, 6) is 0.894. The van der Waals surface area contributed by atoms with E-state index in [1.807, 2.05) is 0 Å². The second-order valence-corrected chi connectivity index (χ2v) is 5.54. The van der Waals surface area contributed by atoms with E-state index in [1.165, 1.54) is 39.0 Å². The highest BCUT2D eigenvalue weighted by atomic mass is 15.1. The Morgan fingerprint density at radius 2 is 1.82 bits per heavy atom. The van der Waals surface area contributed by atoms with Gasteiger partial charge in [0.1, 0.15) is 0 Å². The van der Waals surface area contributed by atoms with Crippen LogP contribution in [0, 0.1) is 5.92 Å². The van der Waals surface area contributed by atoms with Gasteiger partial charge >= 0.3 is 0 Å². The minimum atomic E-state index is 0.620. The van der Waals surface area contributed by atoms with Crippen LogP contribution in [0.3, 0.4) is 0 Å². The molecule has 0 radical (unpaired) electrons. The topological polar surface area (TPSA) is 18.5 Å². The van der Waals surface area contributed by atoms with E-state index in [9.17, 15) is 0 Å². The van der Waals surface area contributed by atoms with E-state index in [0.29, 0.717) is 6.04 Å². The molecule has 3 nitrogen and oxygen atoms in total. The fourth-order valence-corrected chi connectivity index (χ4v) is 2.57. The smallest absolute Gasteiger partial charge is 0.0166 e. The second kappa shape index (κ2) is 8.06. The van der Waals surface area contributed by atoms with Gasteiger partial charge in [-0.1, -0.05) is 13.8 Å². The van der Waals surface area contributed by atoms with Gasteiger partial charge in [-0.3, -0.25) is 0 Å². The van der Waals surface area contributed by atoms with E-state index in [2.05, 4.69) is 42.9 Å². The van der Waals surface area contributed by atoms with Gasteiger partial charge in [0, 0.05) is 12.6 Å². The van der Waals surface area contributed by atoms with Gasteiger partial charge in [0.25, 0.3) is 0 Å². The summed E-state index contributed by atoms with van der Waals surface area (Å²) in [5, 5.41) is 3.71. The molecule has 1 N–H and O–H groups in total. The largest absolute Gasteiger partial charge is 0.313 e. The molecule has 0 spiro atoms. The molecule has 17 heavy (non-hydrogen) atoms. The number of nitrogens with one attached hydrogen (secondary N) is 1. The molecule has 1 aliphatic heterocycles. The second-order valence-electron chi connectivity index (χ2n) is 5.54. The lowest BCUT2D eigenvalue weighted by Crippen LogP contribution is -2.42. The summed E-state index contributed by atoms with van der Waals surface area (Å²) in [5.41, 5.74) is 0. The lowest BCUT2D eigenvalue weighted by molar-refractivity contribution is 0.206. The molecule has 102 valence electrons. The molecule has 0 amide bonds. The number of nitrogens with zero attached hydrogens (tertiary/aromatic N) is 2. The highest BCUT2D eigenvalue weighted by molar-refractivity contribution is 4.74. The molecule has 1 aliphatic rings. The highest BCUT2D eigenvalue weighted by Crippen LogP contribution is 2.14. The average molecular weight is 241 g/mol. The van der Waals surface area contributed by atoms with Gasteiger partial charge in [0.2, 0.25) is 0 Å². The van der Waals surface area contributed by atoms with Crippen molar-refractivity contribution in [3.63, 3.8) is 0 Å². The van der Waals surface area contributed by atoms with E-state index < -0.39 is 0 Å². The fraction of sp³-hybridized carbons (Fsp3) is 1.00. The minimum Gasteiger partial charge on any atom is -0.313 e. The van der Waals surface area contributed by atoms with Gasteiger partial charge in [-0.2, -0.15) is 0 Å². The first-order valence-electron chi connectivity index (χ1n) is 7.30. The van der Waals surface area contributed by atoms with Crippen LogP contribution in [-0.4, -0.2) is 62.2 Å². The number of hydrogen-bond donors (Lipinski definition) is 1. The zero-order chi connectivity index (χ0) is 12.7. The monoisotopic (exact) mass is 241 g/mol. The maximum Gasteiger partial charge on any atom is 0.0166 e. The molecule has 1 heterocycles. The van der Waals surface area contributed by atoms with Crippen molar-refractivity contribution < 1.29 is 0 Å². The fourth-order valence-electron chi connectivity index (χ4n) is 2.57. The Hall–Kier alpha value is -0.120. The molecular formula is C14H31N3. The van der Waals surface area contributed by atoms with Crippen molar-refractivity contribution in [3.05, 3.63) is 0 Å². The highest BCUT2D eigenvalue weighted by Gasteiger charge is 2.17. The Bertz CT molecular complexity index is 184. The Morgan fingerprint density at radius 1 is 1.24 bits per heavy atom. The summed E-state index contributed by atoms with van der Waals surface area (Å²) >= 11 is 0. The molecular weight excluding hydrogens is 210 g/mol. The minimum absolute atomic E-state index is 0.620. The first-order valence-corrected chi connectivity index (χ1v) is 7.30. The molecule has 0 bridgehead atoms. The van der Waals surface area contributed by atoms with Gasteiger partial charge in [0.15, 0.2) is 0 Å². The molecule has 0 aromatic carbocycles. The van der Waals surface area contributed by atoms with Gasteiger partial charge in [-0.25, -0.2) is 0 Å². The quantitative estimate of drug-likeness (QED) is 0.731. The van der Waals surface area contributed by atoms with E-state index in [0.717, 1.165) is 19.0 Å². The van der Waals surface area contributed by atoms with Crippen LogP contribution in [0.2, 0.25) is 0 Å². The average Bonchev–Trinajstić information content (AvgIpc) is 2.35. The van der Waals surface area contributed by atoms with Crippen LogP contribution in [0.1, 0.15) is 33.6 Å². The molecule has 1 saturated heterocycles. The molecule has 1 rings (SSSR count). The predicted molar refractivity (Wildman–Crippen MR) is 75.5 cm³/mol. The number of hydrogen-bond acceptors (Lipinski definition) is 3. The number of rotatable bonds is 7. The van der Waals surface area contributed by atoms with Gasteiger partial charge in [-0.15, -0.1) is 0 Å². The van der Waals surface area contributed by atoms with E-state index >= 15 is 0 Å². The first kappa shape index (κ1) is 14.9. The third kappa shape index (κ3) is 5.84. The van der Waals surface area contributed by atoms with Crippen LogP contribution in [0.5, 0.6) is 0 Å². The summed E-state index contributed by atoms with van der Waals surface area (Å²) in [6, 6.07) is 0.620. The lowest BCUT2D eigenvalue weighted by Gasteiger charge is -2.30. The Morgan fingerprint density at radius 3 is 2.35 bits per heavy atom. The van der Waals surface area contributed by atoms with Crippen LogP contribution in [-0.2, 0) is 0 Å². The third-order valence-electron chi connectivity index (χ3n) is 4.02. The van der Waals surface area contributed by atoms with Crippen molar-refractivity contribution in [1.29, 1.82) is 0 Å². The molecule has 1 atom stereocenters. The molecule has 0 aromatic rings. The summed E-state index contributed by atoms with van der Waals surface area (Å²) in [4.78, 5) is 4.93. The SMILES string of the molecule is CCN(CC)CC(C)NCC1CCN(C)CC1. The van der Waals surface area contributed by atoms with Gasteiger partial charge in [0.05, 0.1) is 0 Å². The van der Waals surface area contributed by atoms with E-state index in [-0.39, 0.29) is 0 Å². The predicted octanol–water partition coefficient (Wildman–Crippen LogP) is 1.65. The zero-order valence-electron chi connectivity index (χ0n) is 12.2. The lowest BCUT2D eigenvalue weighted by atomic mass is 9.97. The number of piperidine rings is 1. The standard InChI is InChI=1S/C14H31N3/c1-5-17(6-2)12-13(3)15-11-14-7-9-16(4)10-8-14/h13-15H,5-12H2,1-4H3. The maximum atomic E-state index is 3.71. The van der Waals surface area contributed by atoms with Crippen molar-refractivity contribution in [1.82, 2.24) is 15.1 Å². The molecule has 0 saturated carbocycles. The summed E-state index contributed by atoms with van der Waals surface area (Å²) in [7, 11) is 2.23. The first-order chi connectivity index (χ1) is 8.15. The maximum absolute atomic E-state index is 3.71.